The average molecular weight is 263 g/mol. The fourth-order valence-corrected chi connectivity index (χ4v) is 3.37. The second-order valence-corrected chi connectivity index (χ2v) is 5.86. The van der Waals surface area contributed by atoms with Crippen molar-refractivity contribution in [2.75, 3.05) is 19.6 Å². The van der Waals surface area contributed by atoms with Gasteiger partial charge in [-0.3, -0.25) is 4.79 Å². The molecule has 4 nitrogen and oxygen atoms in total. The molecule has 18 heavy (non-hydrogen) atoms. The molecule has 0 bridgehead atoms. The lowest BCUT2D eigenvalue weighted by atomic mass is 10.2. The number of carbonyl (C=O) groups excluding carboxylic acids is 1. The van der Waals surface area contributed by atoms with Crippen LogP contribution in [0.1, 0.15) is 23.0 Å². The van der Waals surface area contributed by atoms with Crippen molar-refractivity contribution in [2.45, 2.75) is 19.9 Å². The van der Waals surface area contributed by atoms with Crippen LogP contribution in [0.4, 0.5) is 0 Å². The Hall–Kier alpha value is -1.33. The second-order valence-electron chi connectivity index (χ2n) is 4.95. The number of hydrogen-bond donors (Lipinski definition) is 2. The number of carbonyl (C=O) groups is 1. The zero-order valence-corrected chi connectivity index (χ0v) is 11.4. The lowest BCUT2D eigenvalue weighted by Crippen LogP contribution is -2.51. The summed E-state index contributed by atoms with van der Waals surface area (Å²) in [6, 6.07) is 2.35. The first-order chi connectivity index (χ1) is 8.65. The third-order valence-electron chi connectivity index (χ3n) is 3.42. The van der Waals surface area contributed by atoms with Gasteiger partial charge in [-0.25, -0.2) is 0 Å². The van der Waals surface area contributed by atoms with Crippen LogP contribution in [0, 0.1) is 6.92 Å². The molecule has 0 spiro atoms. The smallest absolute Gasteiger partial charge is 0.270 e. The number of hydrogen-bond acceptors (Lipinski definition) is 3. The first-order valence-electron chi connectivity index (χ1n) is 6.24. The van der Waals surface area contributed by atoms with E-state index in [1.165, 1.54) is 10.3 Å². The van der Waals surface area contributed by atoms with Gasteiger partial charge in [0.15, 0.2) is 0 Å². The summed E-state index contributed by atoms with van der Waals surface area (Å²) in [7, 11) is 0. The SMILES string of the molecule is Cc1csc2cc(C(=O)N3CCNC(C)C3)[nH]c12. The van der Waals surface area contributed by atoms with E-state index in [2.05, 4.69) is 29.5 Å². The summed E-state index contributed by atoms with van der Waals surface area (Å²) in [5.74, 6) is 0.117. The number of H-pyrrole nitrogens is 1. The van der Waals surface area contributed by atoms with Gasteiger partial charge in [0.2, 0.25) is 0 Å². The Labute approximate surface area is 110 Å². The van der Waals surface area contributed by atoms with E-state index in [9.17, 15) is 4.79 Å². The molecule has 1 atom stereocenters. The van der Waals surface area contributed by atoms with Crippen LogP contribution in [0.25, 0.3) is 10.2 Å². The van der Waals surface area contributed by atoms with Gasteiger partial charge in [-0.2, -0.15) is 0 Å². The largest absolute Gasteiger partial charge is 0.350 e. The number of thiophene rings is 1. The number of rotatable bonds is 1. The van der Waals surface area contributed by atoms with E-state index in [1.807, 2.05) is 11.0 Å². The minimum Gasteiger partial charge on any atom is -0.350 e. The predicted molar refractivity (Wildman–Crippen MR) is 74.3 cm³/mol. The van der Waals surface area contributed by atoms with Gasteiger partial charge >= 0.3 is 0 Å². The van der Waals surface area contributed by atoms with Gasteiger partial charge < -0.3 is 15.2 Å². The molecule has 1 fully saturated rings. The lowest BCUT2D eigenvalue weighted by Gasteiger charge is -2.31. The van der Waals surface area contributed by atoms with Crippen molar-refractivity contribution >= 4 is 27.5 Å². The number of nitrogens with one attached hydrogen (secondary N) is 2. The van der Waals surface area contributed by atoms with Crippen LogP contribution in [0.15, 0.2) is 11.4 Å². The van der Waals surface area contributed by atoms with Gasteiger partial charge in [-0.15, -0.1) is 11.3 Å². The molecule has 1 saturated heterocycles. The third kappa shape index (κ3) is 1.93. The van der Waals surface area contributed by atoms with Crippen molar-refractivity contribution in [2.24, 2.45) is 0 Å². The number of nitrogens with zero attached hydrogens (tertiary/aromatic N) is 1. The van der Waals surface area contributed by atoms with Gasteiger partial charge in [0.25, 0.3) is 5.91 Å². The van der Waals surface area contributed by atoms with Crippen molar-refractivity contribution in [3.8, 4) is 0 Å². The summed E-state index contributed by atoms with van der Waals surface area (Å²) in [5, 5.41) is 5.46. The average Bonchev–Trinajstić information content (AvgIpc) is 2.91. The molecule has 3 heterocycles. The molecule has 2 aromatic heterocycles. The van der Waals surface area contributed by atoms with Crippen molar-refractivity contribution < 1.29 is 4.79 Å². The fourth-order valence-electron chi connectivity index (χ4n) is 2.43. The molecule has 96 valence electrons. The number of aromatic nitrogens is 1. The second kappa shape index (κ2) is 4.40. The van der Waals surface area contributed by atoms with E-state index in [-0.39, 0.29) is 5.91 Å². The van der Waals surface area contributed by atoms with Crippen molar-refractivity contribution in [1.29, 1.82) is 0 Å². The van der Waals surface area contributed by atoms with Gasteiger partial charge in [0.1, 0.15) is 5.69 Å². The summed E-state index contributed by atoms with van der Waals surface area (Å²) < 4.78 is 1.17. The summed E-state index contributed by atoms with van der Waals surface area (Å²) in [6.45, 7) is 6.62. The summed E-state index contributed by atoms with van der Waals surface area (Å²) in [6.07, 6.45) is 0. The van der Waals surface area contributed by atoms with E-state index < -0.39 is 0 Å². The predicted octanol–water partition coefficient (Wildman–Crippen LogP) is 1.97. The van der Waals surface area contributed by atoms with Crippen LogP contribution in [-0.4, -0.2) is 41.5 Å². The van der Waals surface area contributed by atoms with Gasteiger partial charge in [-0.05, 0) is 30.9 Å². The number of fused-ring (bicyclic) bond motifs is 1. The van der Waals surface area contributed by atoms with Crippen molar-refractivity contribution in [3.05, 3.63) is 22.7 Å². The zero-order chi connectivity index (χ0) is 12.7. The zero-order valence-electron chi connectivity index (χ0n) is 10.6. The monoisotopic (exact) mass is 263 g/mol. The topological polar surface area (TPSA) is 48.1 Å². The Morgan fingerprint density at radius 3 is 3.11 bits per heavy atom. The Balaban J connectivity index is 1.86. The highest BCUT2D eigenvalue weighted by atomic mass is 32.1. The molecule has 1 aliphatic rings. The maximum Gasteiger partial charge on any atom is 0.270 e. The highest BCUT2D eigenvalue weighted by Crippen LogP contribution is 2.26. The molecule has 0 radical (unpaired) electrons. The van der Waals surface area contributed by atoms with Crippen molar-refractivity contribution in [3.63, 3.8) is 0 Å². The molecule has 0 saturated carbocycles. The Kier molecular flexibility index (Phi) is 2.87. The van der Waals surface area contributed by atoms with E-state index >= 15 is 0 Å². The minimum atomic E-state index is 0.117. The maximum atomic E-state index is 12.4. The van der Waals surface area contributed by atoms with Crippen LogP contribution in [0.2, 0.25) is 0 Å². The van der Waals surface area contributed by atoms with Gasteiger partial charge in [-0.1, -0.05) is 0 Å². The van der Waals surface area contributed by atoms with Crippen molar-refractivity contribution in [1.82, 2.24) is 15.2 Å². The molecule has 0 aliphatic carbocycles. The third-order valence-corrected chi connectivity index (χ3v) is 4.47. The van der Waals surface area contributed by atoms with Crippen LogP contribution in [0.5, 0.6) is 0 Å². The molecule has 1 unspecified atom stereocenters. The first-order valence-corrected chi connectivity index (χ1v) is 7.12. The lowest BCUT2D eigenvalue weighted by molar-refractivity contribution is 0.0704. The summed E-state index contributed by atoms with van der Waals surface area (Å²) in [5.41, 5.74) is 3.03. The number of piperazine rings is 1. The van der Waals surface area contributed by atoms with Gasteiger partial charge in [0, 0.05) is 25.7 Å². The first kappa shape index (κ1) is 11.7. The van der Waals surface area contributed by atoms with E-state index in [0.717, 1.165) is 25.2 Å². The number of amides is 1. The molecule has 0 aromatic carbocycles. The van der Waals surface area contributed by atoms with E-state index in [4.69, 9.17) is 0 Å². The molecule has 2 aromatic rings. The van der Waals surface area contributed by atoms with E-state index in [1.54, 1.807) is 11.3 Å². The Morgan fingerprint density at radius 2 is 2.39 bits per heavy atom. The summed E-state index contributed by atoms with van der Waals surface area (Å²) >= 11 is 1.69. The quantitative estimate of drug-likeness (QED) is 0.826. The van der Waals surface area contributed by atoms with Crippen LogP contribution in [0.3, 0.4) is 0 Å². The van der Waals surface area contributed by atoms with Crippen LogP contribution in [-0.2, 0) is 0 Å². The molecule has 5 heteroatoms. The van der Waals surface area contributed by atoms with Crippen LogP contribution >= 0.6 is 11.3 Å². The normalized spacial score (nSPS) is 20.6. The standard InChI is InChI=1S/C13H17N3OS/c1-8-7-18-11-5-10(15-12(8)11)13(17)16-4-3-14-9(2)6-16/h5,7,9,14-15H,3-4,6H2,1-2H3. The molecule has 1 aliphatic heterocycles. The highest BCUT2D eigenvalue weighted by molar-refractivity contribution is 7.17. The molecular weight excluding hydrogens is 246 g/mol. The van der Waals surface area contributed by atoms with Crippen LogP contribution < -0.4 is 5.32 Å². The summed E-state index contributed by atoms with van der Waals surface area (Å²) in [4.78, 5) is 17.6. The van der Waals surface area contributed by atoms with Gasteiger partial charge in [0.05, 0.1) is 10.2 Å². The Morgan fingerprint density at radius 1 is 1.56 bits per heavy atom. The molecule has 2 N–H and O–H groups in total. The maximum absolute atomic E-state index is 12.4. The molecular formula is C13H17N3OS. The number of aryl methyl sites for hydroxylation is 1. The van der Waals surface area contributed by atoms with E-state index in [0.29, 0.717) is 11.7 Å². The minimum absolute atomic E-state index is 0.117. The highest BCUT2D eigenvalue weighted by Gasteiger charge is 2.23. The number of aromatic amines is 1. The Bertz CT molecular complexity index is 586. The molecule has 1 amide bonds. The fraction of sp³-hybridized carbons (Fsp3) is 0.462. The molecule has 3 rings (SSSR count).